The molecule has 0 spiro atoms. The summed E-state index contributed by atoms with van der Waals surface area (Å²) in [5.74, 6) is 0.00647. The Labute approximate surface area is 126 Å². The van der Waals surface area contributed by atoms with Gasteiger partial charge in [0.25, 0.3) is 0 Å². The Hall–Kier alpha value is -1.69. The van der Waals surface area contributed by atoms with Gasteiger partial charge in [-0.1, -0.05) is 60.7 Å². The highest BCUT2D eigenvalue weighted by Crippen LogP contribution is 2.03. The van der Waals surface area contributed by atoms with E-state index in [9.17, 15) is 8.42 Å². The van der Waals surface area contributed by atoms with Gasteiger partial charge in [0.05, 0.1) is 5.75 Å². The lowest BCUT2D eigenvalue weighted by Crippen LogP contribution is -2.30. The maximum Gasteiger partial charge on any atom is 0.215 e. The number of hydrogen-bond acceptors (Lipinski definition) is 2. The number of benzene rings is 2. The standard InChI is InChI=1S/C16H19N2O2S/c19-21(20,14-16-9-5-2-6-10-16)18-12-11-17-13-15-7-3-1-4-8-15/h1-10,18H,11-14H2. The molecule has 1 radical (unpaired) electrons. The molecule has 111 valence electrons. The summed E-state index contributed by atoms with van der Waals surface area (Å²) in [6.07, 6.45) is 0. The van der Waals surface area contributed by atoms with E-state index in [4.69, 9.17) is 0 Å². The molecule has 0 bridgehead atoms. The quantitative estimate of drug-likeness (QED) is 0.757. The molecule has 0 unspecified atom stereocenters. The first-order valence-electron chi connectivity index (χ1n) is 6.84. The maximum atomic E-state index is 11.9. The molecule has 5 heteroatoms. The van der Waals surface area contributed by atoms with Gasteiger partial charge in [-0.25, -0.2) is 18.5 Å². The molecule has 1 N–H and O–H groups in total. The van der Waals surface area contributed by atoms with Gasteiger partial charge in [-0.2, -0.15) is 0 Å². The fourth-order valence-corrected chi connectivity index (χ4v) is 3.05. The van der Waals surface area contributed by atoms with Gasteiger partial charge in [0.1, 0.15) is 0 Å². The van der Waals surface area contributed by atoms with E-state index in [1.54, 1.807) is 12.1 Å². The zero-order chi connectivity index (χ0) is 15.0. The molecule has 2 aromatic carbocycles. The van der Waals surface area contributed by atoms with Crippen molar-refractivity contribution in [1.29, 1.82) is 0 Å². The molecule has 0 saturated heterocycles. The summed E-state index contributed by atoms with van der Waals surface area (Å²) >= 11 is 0. The number of nitrogens with one attached hydrogen (secondary N) is 1. The Morgan fingerprint density at radius 3 is 2.05 bits per heavy atom. The Balaban J connectivity index is 1.68. The SMILES string of the molecule is O=S(=O)(Cc1ccccc1)NCC[N]Cc1ccccc1. The Morgan fingerprint density at radius 1 is 0.857 bits per heavy atom. The van der Waals surface area contributed by atoms with Crippen molar-refractivity contribution in [3.8, 4) is 0 Å². The third-order valence-corrected chi connectivity index (χ3v) is 4.29. The monoisotopic (exact) mass is 303 g/mol. The minimum atomic E-state index is -3.29. The van der Waals surface area contributed by atoms with E-state index in [1.807, 2.05) is 48.5 Å². The van der Waals surface area contributed by atoms with E-state index in [1.165, 1.54) is 0 Å². The maximum absolute atomic E-state index is 11.9. The summed E-state index contributed by atoms with van der Waals surface area (Å²) in [5.41, 5.74) is 1.91. The average Bonchev–Trinajstić information content (AvgIpc) is 2.48. The molecule has 21 heavy (non-hydrogen) atoms. The van der Waals surface area contributed by atoms with E-state index < -0.39 is 10.0 Å². The summed E-state index contributed by atoms with van der Waals surface area (Å²) in [6, 6.07) is 19.0. The summed E-state index contributed by atoms with van der Waals surface area (Å²) in [4.78, 5) is 0. The minimum Gasteiger partial charge on any atom is -0.236 e. The number of rotatable bonds is 8. The third-order valence-electron chi connectivity index (χ3n) is 2.93. The van der Waals surface area contributed by atoms with Crippen LogP contribution in [0.4, 0.5) is 0 Å². The van der Waals surface area contributed by atoms with Crippen LogP contribution < -0.4 is 10.0 Å². The third kappa shape index (κ3) is 6.08. The normalized spacial score (nSPS) is 11.4. The van der Waals surface area contributed by atoms with Crippen molar-refractivity contribution in [1.82, 2.24) is 10.0 Å². The van der Waals surface area contributed by atoms with E-state index in [-0.39, 0.29) is 5.75 Å². The van der Waals surface area contributed by atoms with Crippen LogP contribution in [0.25, 0.3) is 0 Å². The first kappa shape index (κ1) is 15.7. The van der Waals surface area contributed by atoms with E-state index in [2.05, 4.69) is 10.0 Å². The Kier molecular flexibility index (Phi) is 5.92. The molecule has 0 fully saturated rings. The molecular weight excluding hydrogens is 284 g/mol. The highest BCUT2D eigenvalue weighted by molar-refractivity contribution is 7.88. The first-order chi connectivity index (χ1) is 10.2. The number of sulfonamides is 1. The van der Waals surface area contributed by atoms with Gasteiger partial charge >= 0.3 is 0 Å². The molecule has 2 aromatic rings. The highest BCUT2D eigenvalue weighted by Gasteiger charge is 2.10. The lowest BCUT2D eigenvalue weighted by atomic mass is 10.2. The largest absolute Gasteiger partial charge is 0.236 e. The van der Waals surface area contributed by atoms with Crippen LogP contribution in [0.3, 0.4) is 0 Å². The second-order valence-corrected chi connectivity index (χ2v) is 6.54. The summed E-state index contributed by atoms with van der Waals surface area (Å²) in [7, 11) is -3.29. The van der Waals surface area contributed by atoms with Crippen molar-refractivity contribution < 1.29 is 8.42 Å². The van der Waals surface area contributed by atoms with Gasteiger partial charge in [-0.15, -0.1) is 0 Å². The van der Waals surface area contributed by atoms with Gasteiger partial charge in [0, 0.05) is 19.6 Å². The Bertz CT molecular complexity index is 628. The molecule has 0 aliphatic rings. The molecule has 0 atom stereocenters. The minimum absolute atomic E-state index is 0.00647. The summed E-state index contributed by atoms with van der Waals surface area (Å²) < 4.78 is 26.3. The second kappa shape index (κ2) is 7.93. The number of hydrogen-bond donors (Lipinski definition) is 1. The molecule has 0 aliphatic carbocycles. The second-order valence-electron chi connectivity index (χ2n) is 4.73. The molecule has 0 aliphatic heterocycles. The van der Waals surface area contributed by atoms with Crippen molar-refractivity contribution in [2.45, 2.75) is 12.3 Å². The molecule has 2 rings (SSSR count). The molecule has 0 aromatic heterocycles. The topological polar surface area (TPSA) is 60.3 Å². The highest BCUT2D eigenvalue weighted by atomic mass is 32.2. The van der Waals surface area contributed by atoms with Crippen molar-refractivity contribution in [3.63, 3.8) is 0 Å². The van der Waals surface area contributed by atoms with Gasteiger partial charge in [0.2, 0.25) is 10.0 Å². The van der Waals surface area contributed by atoms with Crippen LogP contribution in [0.1, 0.15) is 11.1 Å². The van der Waals surface area contributed by atoms with Crippen LogP contribution in [0, 0.1) is 0 Å². The fourth-order valence-electron chi connectivity index (χ4n) is 1.92. The van der Waals surface area contributed by atoms with E-state index in [0.29, 0.717) is 19.6 Å². The molecular formula is C16H19N2O2S. The Morgan fingerprint density at radius 2 is 1.43 bits per heavy atom. The van der Waals surface area contributed by atoms with Crippen LogP contribution in [0.15, 0.2) is 60.7 Å². The van der Waals surface area contributed by atoms with Crippen molar-refractivity contribution in [3.05, 3.63) is 71.8 Å². The van der Waals surface area contributed by atoms with Crippen LogP contribution in [-0.2, 0) is 22.3 Å². The summed E-state index contributed by atoms with van der Waals surface area (Å²) in [5, 5.41) is 4.32. The molecule has 0 saturated carbocycles. The van der Waals surface area contributed by atoms with Crippen molar-refractivity contribution in [2.75, 3.05) is 13.1 Å². The van der Waals surface area contributed by atoms with Crippen LogP contribution in [0.2, 0.25) is 0 Å². The first-order valence-corrected chi connectivity index (χ1v) is 8.49. The van der Waals surface area contributed by atoms with Crippen LogP contribution in [-0.4, -0.2) is 21.5 Å². The van der Waals surface area contributed by atoms with Crippen molar-refractivity contribution in [2.24, 2.45) is 0 Å². The van der Waals surface area contributed by atoms with Crippen LogP contribution in [0.5, 0.6) is 0 Å². The van der Waals surface area contributed by atoms with E-state index >= 15 is 0 Å². The lowest BCUT2D eigenvalue weighted by molar-refractivity contribution is 0.574. The zero-order valence-corrected chi connectivity index (χ0v) is 12.6. The molecule has 0 amide bonds. The average molecular weight is 303 g/mol. The van der Waals surface area contributed by atoms with Crippen LogP contribution >= 0.6 is 0 Å². The number of nitrogens with zero attached hydrogens (tertiary/aromatic N) is 1. The van der Waals surface area contributed by atoms with Crippen molar-refractivity contribution >= 4 is 10.0 Å². The van der Waals surface area contributed by atoms with Gasteiger partial charge in [-0.05, 0) is 11.1 Å². The smallest absolute Gasteiger partial charge is 0.215 e. The van der Waals surface area contributed by atoms with Gasteiger partial charge in [0.15, 0.2) is 0 Å². The zero-order valence-electron chi connectivity index (χ0n) is 11.8. The predicted molar refractivity (Wildman–Crippen MR) is 84.2 cm³/mol. The predicted octanol–water partition coefficient (Wildman–Crippen LogP) is 1.91. The van der Waals surface area contributed by atoms with Gasteiger partial charge < -0.3 is 0 Å². The fraction of sp³-hybridized carbons (Fsp3) is 0.250. The van der Waals surface area contributed by atoms with Gasteiger partial charge in [-0.3, -0.25) is 0 Å². The molecule has 0 heterocycles. The van der Waals surface area contributed by atoms with E-state index in [0.717, 1.165) is 11.1 Å². The molecule has 4 nitrogen and oxygen atoms in total. The lowest BCUT2D eigenvalue weighted by Gasteiger charge is -2.07. The summed E-state index contributed by atoms with van der Waals surface area (Å²) in [6.45, 7) is 1.42.